The first-order chi connectivity index (χ1) is 9.24. The summed E-state index contributed by atoms with van der Waals surface area (Å²) in [5.41, 5.74) is 1.73. The highest BCUT2D eigenvalue weighted by Crippen LogP contribution is 2.10. The van der Waals surface area contributed by atoms with Crippen molar-refractivity contribution in [1.29, 1.82) is 0 Å². The SMILES string of the molecule is O=C(CCCc1ccccc1)Nc1cccc(F)c1. The van der Waals surface area contributed by atoms with E-state index in [1.165, 1.54) is 17.7 Å². The molecule has 0 heterocycles. The summed E-state index contributed by atoms with van der Waals surface area (Å²) in [6.07, 6.45) is 2.09. The van der Waals surface area contributed by atoms with Gasteiger partial charge in [0.05, 0.1) is 0 Å². The van der Waals surface area contributed by atoms with E-state index < -0.39 is 0 Å². The molecule has 0 bridgehead atoms. The zero-order chi connectivity index (χ0) is 13.5. The quantitative estimate of drug-likeness (QED) is 0.867. The van der Waals surface area contributed by atoms with E-state index in [1.807, 2.05) is 30.3 Å². The van der Waals surface area contributed by atoms with Gasteiger partial charge in [-0.2, -0.15) is 0 Å². The summed E-state index contributed by atoms with van der Waals surface area (Å²) in [5, 5.41) is 2.69. The van der Waals surface area contributed by atoms with Gasteiger partial charge in [0.25, 0.3) is 0 Å². The van der Waals surface area contributed by atoms with E-state index in [0.29, 0.717) is 12.1 Å². The molecule has 0 atom stereocenters. The van der Waals surface area contributed by atoms with Gasteiger partial charge in [-0.05, 0) is 36.6 Å². The number of benzene rings is 2. The molecule has 0 spiro atoms. The van der Waals surface area contributed by atoms with Crippen LogP contribution in [-0.2, 0) is 11.2 Å². The van der Waals surface area contributed by atoms with Gasteiger partial charge in [-0.1, -0.05) is 36.4 Å². The Labute approximate surface area is 112 Å². The van der Waals surface area contributed by atoms with Crippen LogP contribution >= 0.6 is 0 Å². The van der Waals surface area contributed by atoms with Crippen molar-refractivity contribution in [3.63, 3.8) is 0 Å². The number of hydrogen-bond acceptors (Lipinski definition) is 1. The summed E-state index contributed by atoms with van der Waals surface area (Å²) >= 11 is 0. The van der Waals surface area contributed by atoms with E-state index in [2.05, 4.69) is 5.32 Å². The minimum atomic E-state index is -0.345. The van der Waals surface area contributed by atoms with E-state index in [4.69, 9.17) is 0 Å². The van der Waals surface area contributed by atoms with Gasteiger partial charge in [-0.3, -0.25) is 4.79 Å². The Kier molecular flexibility index (Phi) is 4.67. The molecule has 2 aromatic rings. The van der Waals surface area contributed by atoms with Gasteiger partial charge in [0.2, 0.25) is 5.91 Å². The Bertz CT molecular complexity index is 539. The van der Waals surface area contributed by atoms with Crippen LogP contribution in [-0.4, -0.2) is 5.91 Å². The average molecular weight is 257 g/mol. The molecule has 0 unspecified atom stereocenters. The third kappa shape index (κ3) is 4.54. The molecule has 0 aromatic heterocycles. The number of carbonyl (C=O) groups excluding carboxylic acids is 1. The van der Waals surface area contributed by atoms with Gasteiger partial charge >= 0.3 is 0 Å². The predicted molar refractivity (Wildman–Crippen MR) is 74.4 cm³/mol. The zero-order valence-corrected chi connectivity index (χ0v) is 10.6. The van der Waals surface area contributed by atoms with Crippen molar-refractivity contribution in [2.45, 2.75) is 19.3 Å². The number of aryl methyl sites for hydroxylation is 1. The molecule has 2 aromatic carbocycles. The summed E-state index contributed by atoms with van der Waals surface area (Å²) in [4.78, 5) is 11.7. The summed E-state index contributed by atoms with van der Waals surface area (Å²) in [6, 6.07) is 16.0. The first-order valence-corrected chi connectivity index (χ1v) is 6.33. The van der Waals surface area contributed by atoms with Crippen molar-refractivity contribution in [3.8, 4) is 0 Å². The van der Waals surface area contributed by atoms with Crippen molar-refractivity contribution in [1.82, 2.24) is 0 Å². The Morgan fingerprint density at radius 1 is 1.05 bits per heavy atom. The largest absolute Gasteiger partial charge is 0.326 e. The molecule has 98 valence electrons. The van der Waals surface area contributed by atoms with Gasteiger partial charge in [0.1, 0.15) is 5.82 Å². The number of anilines is 1. The molecule has 0 saturated heterocycles. The van der Waals surface area contributed by atoms with Gasteiger partial charge in [0, 0.05) is 12.1 Å². The smallest absolute Gasteiger partial charge is 0.224 e. The number of carbonyl (C=O) groups is 1. The zero-order valence-electron chi connectivity index (χ0n) is 10.6. The molecule has 2 rings (SSSR count). The second-order valence-corrected chi connectivity index (χ2v) is 4.40. The minimum Gasteiger partial charge on any atom is -0.326 e. The van der Waals surface area contributed by atoms with Gasteiger partial charge in [-0.15, -0.1) is 0 Å². The van der Waals surface area contributed by atoms with Crippen LogP contribution in [0.3, 0.4) is 0 Å². The summed E-state index contributed by atoms with van der Waals surface area (Å²) in [6.45, 7) is 0. The molecule has 0 radical (unpaired) electrons. The normalized spacial score (nSPS) is 10.2. The molecule has 0 saturated carbocycles. The maximum absolute atomic E-state index is 12.9. The first-order valence-electron chi connectivity index (χ1n) is 6.33. The van der Waals surface area contributed by atoms with Crippen LogP contribution in [0.4, 0.5) is 10.1 Å². The molecule has 1 N–H and O–H groups in total. The van der Waals surface area contributed by atoms with Crippen LogP contribution < -0.4 is 5.32 Å². The van der Waals surface area contributed by atoms with E-state index >= 15 is 0 Å². The molecule has 1 amide bonds. The fraction of sp³-hybridized carbons (Fsp3) is 0.188. The Hall–Kier alpha value is -2.16. The number of nitrogens with one attached hydrogen (secondary N) is 1. The summed E-state index contributed by atoms with van der Waals surface area (Å²) in [7, 11) is 0. The van der Waals surface area contributed by atoms with Crippen LogP contribution in [0.1, 0.15) is 18.4 Å². The van der Waals surface area contributed by atoms with Crippen molar-refractivity contribution in [2.24, 2.45) is 0 Å². The Balaban J connectivity index is 1.76. The fourth-order valence-electron chi connectivity index (χ4n) is 1.89. The highest BCUT2D eigenvalue weighted by Gasteiger charge is 2.03. The summed E-state index contributed by atoms with van der Waals surface area (Å²) in [5.74, 6) is -0.427. The van der Waals surface area contributed by atoms with Crippen molar-refractivity contribution >= 4 is 11.6 Å². The van der Waals surface area contributed by atoms with E-state index in [9.17, 15) is 9.18 Å². The van der Waals surface area contributed by atoms with E-state index in [1.54, 1.807) is 12.1 Å². The lowest BCUT2D eigenvalue weighted by molar-refractivity contribution is -0.116. The van der Waals surface area contributed by atoms with Crippen LogP contribution in [0.25, 0.3) is 0 Å². The average Bonchev–Trinajstić information content (AvgIpc) is 2.40. The molecular weight excluding hydrogens is 241 g/mol. The number of halogens is 1. The topological polar surface area (TPSA) is 29.1 Å². The minimum absolute atomic E-state index is 0.0819. The number of rotatable bonds is 5. The first kappa shape index (κ1) is 13.3. The maximum atomic E-state index is 12.9. The monoisotopic (exact) mass is 257 g/mol. The lowest BCUT2D eigenvalue weighted by Crippen LogP contribution is -2.11. The maximum Gasteiger partial charge on any atom is 0.224 e. The fourth-order valence-corrected chi connectivity index (χ4v) is 1.89. The van der Waals surface area contributed by atoms with Gasteiger partial charge in [0.15, 0.2) is 0 Å². The second kappa shape index (κ2) is 6.69. The molecule has 3 heteroatoms. The Morgan fingerprint density at radius 2 is 1.84 bits per heavy atom. The molecular formula is C16H16FNO. The van der Waals surface area contributed by atoms with Gasteiger partial charge in [-0.25, -0.2) is 4.39 Å². The van der Waals surface area contributed by atoms with Crippen LogP contribution in [0.15, 0.2) is 54.6 Å². The van der Waals surface area contributed by atoms with Crippen molar-refractivity contribution < 1.29 is 9.18 Å². The predicted octanol–water partition coefficient (Wildman–Crippen LogP) is 3.79. The molecule has 0 aliphatic rings. The number of amides is 1. The number of hydrogen-bond donors (Lipinski definition) is 1. The lowest BCUT2D eigenvalue weighted by Gasteiger charge is -2.05. The molecule has 0 aliphatic carbocycles. The van der Waals surface area contributed by atoms with Crippen LogP contribution in [0.5, 0.6) is 0 Å². The molecule has 0 fully saturated rings. The standard InChI is InChI=1S/C16H16FNO/c17-14-9-5-10-15(12-14)18-16(19)11-4-8-13-6-2-1-3-7-13/h1-3,5-7,9-10,12H,4,8,11H2,(H,18,19). The lowest BCUT2D eigenvalue weighted by atomic mass is 10.1. The summed E-state index contributed by atoms with van der Waals surface area (Å²) < 4.78 is 12.9. The van der Waals surface area contributed by atoms with Crippen LogP contribution in [0.2, 0.25) is 0 Å². The van der Waals surface area contributed by atoms with E-state index in [0.717, 1.165) is 12.8 Å². The highest BCUT2D eigenvalue weighted by molar-refractivity contribution is 5.90. The van der Waals surface area contributed by atoms with Crippen molar-refractivity contribution in [3.05, 3.63) is 66.0 Å². The third-order valence-corrected chi connectivity index (χ3v) is 2.82. The van der Waals surface area contributed by atoms with E-state index in [-0.39, 0.29) is 11.7 Å². The molecule has 2 nitrogen and oxygen atoms in total. The second-order valence-electron chi connectivity index (χ2n) is 4.40. The third-order valence-electron chi connectivity index (χ3n) is 2.82. The Morgan fingerprint density at radius 3 is 2.58 bits per heavy atom. The molecule has 19 heavy (non-hydrogen) atoms. The highest BCUT2D eigenvalue weighted by atomic mass is 19.1. The molecule has 0 aliphatic heterocycles. The van der Waals surface area contributed by atoms with Crippen molar-refractivity contribution in [2.75, 3.05) is 5.32 Å². The van der Waals surface area contributed by atoms with Crippen LogP contribution in [0, 0.1) is 5.82 Å². The van der Waals surface area contributed by atoms with Gasteiger partial charge < -0.3 is 5.32 Å².